The minimum Gasteiger partial charge on any atom is -0.464 e. The van der Waals surface area contributed by atoms with Gasteiger partial charge in [-0.1, -0.05) is 6.07 Å². The van der Waals surface area contributed by atoms with E-state index < -0.39 is 50.2 Å². The molecule has 1 amide bonds. The first kappa shape index (κ1) is 22.4. The van der Waals surface area contributed by atoms with E-state index in [9.17, 15) is 17.6 Å². The second kappa shape index (κ2) is 8.14. The van der Waals surface area contributed by atoms with Gasteiger partial charge in [-0.3, -0.25) is 20.0 Å². The lowest BCUT2D eigenvalue weighted by Gasteiger charge is -2.13. The molecule has 9 nitrogen and oxygen atoms in total. The summed E-state index contributed by atoms with van der Waals surface area (Å²) < 4.78 is 78.2. The first-order valence-electron chi connectivity index (χ1n) is 9.87. The fraction of sp³-hybridized carbons (Fsp3) is 0. The van der Waals surface area contributed by atoms with Gasteiger partial charge in [0.25, 0.3) is 15.9 Å². The molecule has 2 aromatic heterocycles. The first-order chi connectivity index (χ1) is 16.7. The summed E-state index contributed by atoms with van der Waals surface area (Å²) in [7, 11) is -4.31. The molecule has 0 saturated heterocycles. The van der Waals surface area contributed by atoms with Crippen LogP contribution in [0, 0.1) is 17.5 Å². The molecule has 0 bridgehead atoms. The van der Waals surface area contributed by atoms with Gasteiger partial charge < -0.3 is 4.42 Å². The monoisotopic (exact) mass is 501 g/mol. The maximum atomic E-state index is 15.4. The Morgan fingerprint density at radius 3 is 2.60 bits per heavy atom. The number of hydrogen-bond acceptors (Lipinski definition) is 6. The number of anilines is 1. The molecule has 5 rings (SSSR count). The summed E-state index contributed by atoms with van der Waals surface area (Å²) in [5.41, 5.74) is -0.293. The van der Waals surface area contributed by atoms with Crippen LogP contribution >= 0.6 is 0 Å². The lowest BCUT2D eigenvalue weighted by Crippen LogP contribution is -2.30. The van der Waals surface area contributed by atoms with E-state index >= 15 is 8.78 Å². The molecule has 0 radical (unpaired) electrons. The van der Waals surface area contributed by atoms with Gasteiger partial charge >= 0.3 is 0 Å². The molecule has 0 aliphatic carbocycles. The number of H-pyrrole nitrogens is 1. The van der Waals surface area contributed by atoms with Gasteiger partial charge in [-0.15, -0.1) is 0 Å². The van der Waals surface area contributed by atoms with Crippen LogP contribution in [0.5, 0.6) is 0 Å². The Hall–Kier alpha value is -4.36. The molecule has 3 aromatic carbocycles. The summed E-state index contributed by atoms with van der Waals surface area (Å²) in [6, 6.07) is 9.66. The number of fused-ring (bicyclic) bond motifs is 2. The Kier molecular flexibility index (Phi) is 5.22. The minimum absolute atomic E-state index is 0.0280. The molecule has 178 valence electrons. The second-order valence-corrected chi connectivity index (χ2v) is 9.09. The van der Waals surface area contributed by atoms with E-state index in [1.54, 1.807) is 6.07 Å². The van der Waals surface area contributed by atoms with Crippen LogP contribution in [0.3, 0.4) is 0 Å². The number of hydrogen-bond donors (Lipinski definition) is 4. The molecule has 0 aliphatic heterocycles. The van der Waals surface area contributed by atoms with E-state index in [1.807, 2.05) is 5.43 Å². The lowest BCUT2D eigenvalue weighted by molar-refractivity contribution is 0.0950. The van der Waals surface area contributed by atoms with E-state index in [0.717, 1.165) is 18.2 Å². The van der Waals surface area contributed by atoms with Crippen LogP contribution < -0.4 is 16.0 Å². The summed E-state index contributed by atoms with van der Waals surface area (Å²) in [6.07, 6.45) is 1.39. The number of halogens is 3. The third-order valence-electron chi connectivity index (χ3n) is 5.37. The highest BCUT2D eigenvalue weighted by molar-refractivity contribution is 7.92. The van der Waals surface area contributed by atoms with E-state index in [0.29, 0.717) is 11.0 Å². The number of nitrogen functional groups attached to an aromatic ring is 1. The summed E-state index contributed by atoms with van der Waals surface area (Å²) in [5.74, 6) is 0.690. The summed E-state index contributed by atoms with van der Waals surface area (Å²) in [6.45, 7) is 0. The zero-order valence-corrected chi connectivity index (χ0v) is 18.2. The molecular formula is C22H14F3N5O4S. The van der Waals surface area contributed by atoms with Crippen molar-refractivity contribution in [3.05, 3.63) is 77.9 Å². The van der Waals surface area contributed by atoms with Crippen molar-refractivity contribution in [1.82, 2.24) is 15.6 Å². The Morgan fingerprint density at radius 1 is 1.03 bits per heavy atom. The van der Waals surface area contributed by atoms with Crippen molar-refractivity contribution in [2.24, 2.45) is 5.84 Å². The molecule has 0 saturated carbocycles. The van der Waals surface area contributed by atoms with Crippen molar-refractivity contribution in [2.75, 3.05) is 4.72 Å². The molecule has 0 aliphatic rings. The van der Waals surface area contributed by atoms with Gasteiger partial charge in [0.15, 0.2) is 17.3 Å². The average Bonchev–Trinajstić information content (AvgIpc) is 3.49. The maximum Gasteiger partial charge on any atom is 0.286 e. The quantitative estimate of drug-likeness (QED) is 0.164. The highest BCUT2D eigenvalue weighted by Crippen LogP contribution is 2.36. The lowest BCUT2D eigenvalue weighted by atomic mass is 10.0. The summed E-state index contributed by atoms with van der Waals surface area (Å²) in [5, 5.41) is 6.67. The number of amides is 1. The zero-order valence-electron chi connectivity index (χ0n) is 17.4. The van der Waals surface area contributed by atoms with Crippen LogP contribution in [0.4, 0.5) is 18.9 Å². The number of nitrogens with zero attached hydrogens (tertiary/aromatic N) is 1. The average molecular weight is 501 g/mol. The van der Waals surface area contributed by atoms with Crippen LogP contribution in [0.15, 0.2) is 64.1 Å². The van der Waals surface area contributed by atoms with E-state index in [1.165, 1.54) is 30.5 Å². The molecule has 13 heteroatoms. The SMILES string of the molecule is NNC(=O)c1n[nH]c2c(F)c(-c3c(F)ccc(NS(=O)(=O)c4ccc5ccoc5c4)c3F)ccc12. The summed E-state index contributed by atoms with van der Waals surface area (Å²) >= 11 is 0. The number of aromatic amines is 1. The van der Waals surface area contributed by atoms with Gasteiger partial charge in [0, 0.05) is 22.4 Å². The van der Waals surface area contributed by atoms with E-state index in [4.69, 9.17) is 10.3 Å². The van der Waals surface area contributed by atoms with Crippen molar-refractivity contribution in [3.8, 4) is 11.1 Å². The minimum atomic E-state index is -4.31. The van der Waals surface area contributed by atoms with Crippen molar-refractivity contribution < 1.29 is 30.8 Å². The molecule has 0 atom stereocenters. The van der Waals surface area contributed by atoms with Gasteiger partial charge in [0.1, 0.15) is 16.9 Å². The molecular weight excluding hydrogens is 487 g/mol. The van der Waals surface area contributed by atoms with Crippen LogP contribution in [0.1, 0.15) is 10.5 Å². The fourth-order valence-electron chi connectivity index (χ4n) is 3.67. The number of carbonyl (C=O) groups is 1. The van der Waals surface area contributed by atoms with E-state index in [2.05, 4.69) is 14.9 Å². The molecule has 5 aromatic rings. The molecule has 5 N–H and O–H groups in total. The normalized spacial score (nSPS) is 11.8. The predicted octanol–water partition coefficient (Wildman–Crippen LogP) is 3.80. The van der Waals surface area contributed by atoms with Gasteiger partial charge in [-0.25, -0.2) is 27.4 Å². The Labute approximate surface area is 194 Å². The van der Waals surface area contributed by atoms with Gasteiger partial charge in [0.2, 0.25) is 0 Å². The van der Waals surface area contributed by atoms with Crippen LogP contribution in [0.2, 0.25) is 0 Å². The van der Waals surface area contributed by atoms with Crippen LogP contribution in [-0.2, 0) is 10.0 Å². The standard InChI is InChI=1S/C22H14F3N5O4S/c23-14-5-6-15(30-35(32,33)11-2-1-10-7-8-34-16(10)9-11)19(25)17(14)12-3-4-13-20(18(12)24)28-29-21(13)22(31)27-26/h1-9,30H,26H2,(H,27,31)(H,28,29). The highest BCUT2D eigenvalue weighted by atomic mass is 32.2. The molecule has 0 fully saturated rings. The third-order valence-corrected chi connectivity index (χ3v) is 6.73. The topological polar surface area (TPSA) is 143 Å². The largest absolute Gasteiger partial charge is 0.464 e. The van der Waals surface area contributed by atoms with Crippen molar-refractivity contribution in [1.29, 1.82) is 0 Å². The Morgan fingerprint density at radius 2 is 1.83 bits per heavy atom. The number of benzene rings is 3. The highest BCUT2D eigenvalue weighted by Gasteiger charge is 2.25. The van der Waals surface area contributed by atoms with Gasteiger partial charge in [-0.2, -0.15) is 5.10 Å². The van der Waals surface area contributed by atoms with E-state index in [-0.39, 0.29) is 21.5 Å². The Balaban J connectivity index is 1.58. The third kappa shape index (κ3) is 3.66. The number of sulfonamides is 1. The van der Waals surface area contributed by atoms with Gasteiger partial charge in [0.05, 0.1) is 22.4 Å². The van der Waals surface area contributed by atoms with Crippen molar-refractivity contribution >= 4 is 43.5 Å². The number of hydrazine groups is 1. The second-order valence-electron chi connectivity index (χ2n) is 7.41. The van der Waals surface area contributed by atoms with Gasteiger partial charge in [-0.05, 0) is 36.4 Å². The predicted molar refractivity (Wildman–Crippen MR) is 120 cm³/mol. The number of carbonyl (C=O) groups excluding carboxylic acids is 1. The maximum absolute atomic E-state index is 15.4. The fourth-order valence-corrected chi connectivity index (χ4v) is 4.75. The molecule has 2 heterocycles. The molecule has 0 unspecified atom stereocenters. The molecule has 0 spiro atoms. The molecule has 35 heavy (non-hydrogen) atoms. The number of rotatable bonds is 5. The Bertz CT molecular complexity index is 1750. The smallest absolute Gasteiger partial charge is 0.286 e. The van der Waals surface area contributed by atoms with Crippen LogP contribution in [0.25, 0.3) is 33.0 Å². The first-order valence-corrected chi connectivity index (χ1v) is 11.4. The number of aromatic nitrogens is 2. The summed E-state index contributed by atoms with van der Waals surface area (Å²) in [4.78, 5) is 11.6. The number of furan rings is 1. The van der Waals surface area contributed by atoms with Crippen LogP contribution in [-0.4, -0.2) is 24.5 Å². The van der Waals surface area contributed by atoms with Crippen molar-refractivity contribution in [2.45, 2.75) is 4.90 Å². The van der Waals surface area contributed by atoms with Crippen molar-refractivity contribution in [3.63, 3.8) is 0 Å². The zero-order chi connectivity index (χ0) is 24.9. The number of nitrogens with one attached hydrogen (secondary N) is 3. The number of nitrogens with two attached hydrogens (primary N) is 1.